The second-order valence-electron chi connectivity index (χ2n) is 6.83. The molecule has 152 valence electrons. The number of hydrogen-bond acceptors (Lipinski definition) is 4. The molecule has 0 spiro atoms. The van der Waals surface area contributed by atoms with Crippen molar-refractivity contribution >= 4 is 33.6 Å². The smallest absolute Gasteiger partial charge is 0.206 e. The first-order valence-corrected chi connectivity index (χ1v) is 11.2. The number of sulfone groups is 1. The molecule has 0 heterocycles. The van der Waals surface area contributed by atoms with Crippen LogP contribution in [0.2, 0.25) is 0 Å². The molecule has 31 heavy (non-hydrogen) atoms. The lowest BCUT2D eigenvalue weighted by Crippen LogP contribution is -2.01. The van der Waals surface area contributed by atoms with Gasteiger partial charge in [-0.1, -0.05) is 60.7 Å². The third-order valence-corrected chi connectivity index (χ3v) is 6.40. The molecule has 4 aromatic rings. The van der Waals surface area contributed by atoms with Crippen LogP contribution in [-0.4, -0.2) is 20.8 Å². The van der Waals surface area contributed by atoms with Crippen LogP contribution in [0.5, 0.6) is 0 Å². The molecular weight excluding hydrogens is 404 g/mol. The molecule has 0 saturated carbocycles. The van der Waals surface area contributed by atoms with Gasteiger partial charge in [-0.3, -0.25) is 9.98 Å². The van der Waals surface area contributed by atoms with Crippen LogP contribution in [0.1, 0.15) is 11.1 Å². The van der Waals surface area contributed by atoms with Crippen LogP contribution in [0.4, 0.5) is 11.4 Å². The first-order chi connectivity index (χ1) is 15.1. The molecule has 0 bridgehead atoms. The average molecular weight is 425 g/mol. The summed E-state index contributed by atoms with van der Waals surface area (Å²) < 4.78 is 25.9. The lowest BCUT2D eigenvalue weighted by Gasteiger charge is -2.05. The molecule has 0 atom stereocenters. The van der Waals surface area contributed by atoms with E-state index >= 15 is 0 Å². The van der Waals surface area contributed by atoms with Crippen molar-refractivity contribution in [2.75, 3.05) is 0 Å². The third-order valence-electron chi connectivity index (χ3n) is 4.62. The lowest BCUT2D eigenvalue weighted by molar-refractivity contribution is 0.596. The van der Waals surface area contributed by atoms with Crippen molar-refractivity contribution in [3.05, 3.63) is 120 Å². The Labute approximate surface area is 182 Å². The summed E-state index contributed by atoms with van der Waals surface area (Å²) in [6, 6.07) is 32.6. The number of hydrogen-bond donors (Lipinski definition) is 0. The zero-order valence-electron chi connectivity index (χ0n) is 16.7. The Morgan fingerprint density at radius 1 is 0.484 bits per heavy atom. The molecule has 0 unspecified atom stereocenters. The Balaban J connectivity index is 1.49. The summed E-state index contributed by atoms with van der Waals surface area (Å²) in [4.78, 5) is 9.24. The van der Waals surface area contributed by atoms with Gasteiger partial charge >= 0.3 is 0 Å². The molecule has 0 aliphatic carbocycles. The number of nitrogens with zero attached hydrogens (tertiary/aromatic N) is 2. The maximum absolute atomic E-state index is 12.9. The summed E-state index contributed by atoms with van der Waals surface area (Å²) in [5.41, 5.74) is 3.34. The molecule has 0 fully saturated rings. The molecule has 4 rings (SSSR count). The van der Waals surface area contributed by atoms with Crippen LogP contribution in [0.25, 0.3) is 0 Å². The molecule has 0 radical (unpaired) electrons. The molecular formula is C26H20N2O2S. The Bertz CT molecular complexity index is 1200. The molecule has 0 amide bonds. The highest BCUT2D eigenvalue weighted by molar-refractivity contribution is 7.91. The van der Waals surface area contributed by atoms with E-state index in [1.165, 1.54) is 0 Å². The van der Waals surface area contributed by atoms with Gasteiger partial charge in [0, 0.05) is 12.4 Å². The van der Waals surface area contributed by atoms with Gasteiger partial charge in [0.1, 0.15) is 0 Å². The van der Waals surface area contributed by atoms with Crippen LogP contribution in [0, 0.1) is 0 Å². The van der Waals surface area contributed by atoms with Crippen molar-refractivity contribution in [3.8, 4) is 0 Å². The van der Waals surface area contributed by atoms with Gasteiger partial charge in [-0.05, 0) is 59.7 Å². The molecule has 0 N–H and O–H groups in total. The highest BCUT2D eigenvalue weighted by Gasteiger charge is 2.17. The highest BCUT2D eigenvalue weighted by Crippen LogP contribution is 2.25. The van der Waals surface area contributed by atoms with Crippen molar-refractivity contribution in [3.63, 3.8) is 0 Å². The van der Waals surface area contributed by atoms with Gasteiger partial charge in [-0.2, -0.15) is 0 Å². The van der Waals surface area contributed by atoms with E-state index in [4.69, 9.17) is 0 Å². The summed E-state index contributed by atoms with van der Waals surface area (Å²) in [6.45, 7) is 0. The van der Waals surface area contributed by atoms with E-state index in [1.54, 1.807) is 61.0 Å². The summed E-state index contributed by atoms with van der Waals surface area (Å²) in [6.07, 6.45) is 3.50. The SMILES string of the molecule is O=S(=O)(c1ccc(/N=C/c2ccccc2)cc1)c1ccc(/N=C/c2ccccc2)cc1. The van der Waals surface area contributed by atoms with Crippen molar-refractivity contribution in [2.24, 2.45) is 9.98 Å². The fourth-order valence-corrected chi connectivity index (χ4v) is 4.20. The number of benzene rings is 4. The van der Waals surface area contributed by atoms with Crippen LogP contribution in [-0.2, 0) is 9.84 Å². The van der Waals surface area contributed by atoms with E-state index in [2.05, 4.69) is 9.98 Å². The monoisotopic (exact) mass is 424 g/mol. The van der Waals surface area contributed by atoms with Crippen molar-refractivity contribution < 1.29 is 8.42 Å². The molecule has 0 aliphatic rings. The lowest BCUT2D eigenvalue weighted by atomic mass is 10.2. The standard InChI is InChI=1S/C26H20N2O2S/c29-31(30,25-15-11-23(12-16-25)27-19-21-7-3-1-4-8-21)26-17-13-24(14-18-26)28-20-22-9-5-2-6-10-22/h1-20H/b27-19+,28-20+. The van der Waals surface area contributed by atoms with Crippen LogP contribution < -0.4 is 0 Å². The Hall–Kier alpha value is -3.83. The first kappa shape index (κ1) is 20.4. The first-order valence-electron chi connectivity index (χ1n) is 9.75. The van der Waals surface area contributed by atoms with Gasteiger partial charge in [0.2, 0.25) is 9.84 Å². The number of rotatable bonds is 6. The van der Waals surface area contributed by atoms with E-state index in [1.807, 2.05) is 60.7 Å². The number of aliphatic imine (C=N–C) groups is 2. The third kappa shape index (κ3) is 5.21. The fraction of sp³-hybridized carbons (Fsp3) is 0. The summed E-state index contributed by atoms with van der Waals surface area (Å²) >= 11 is 0. The van der Waals surface area contributed by atoms with E-state index in [0.29, 0.717) is 11.4 Å². The summed E-state index contributed by atoms with van der Waals surface area (Å²) in [5, 5.41) is 0. The zero-order valence-corrected chi connectivity index (χ0v) is 17.5. The minimum Gasteiger partial charge on any atom is -0.256 e. The maximum Gasteiger partial charge on any atom is 0.206 e. The predicted molar refractivity (Wildman–Crippen MR) is 126 cm³/mol. The molecule has 5 heteroatoms. The van der Waals surface area contributed by atoms with Crippen LogP contribution in [0.15, 0.2) is 129 Å². The van der Waals surface area contributed by atoms with E-state index in [0.717, 1.165) is 11.1 Å². The van der Waals surface area contributed by atoms with Crippen molar-refractivity contribution in [2.45, 2.75) is 9.79 Å². The van der Waals surface area contributed by atoms with Gasteiger partial charge < -0.3 is 0 Å². The average Bonchev–Trinajstić information content (AvgIpc) is 2.83. The predicted octanol–water partition coefficient (Wildman–Crippen LogP) is 6.02. The summed E-state index contributed by atoms with van der Waals surface area (Å²) in [7, 11) is -3.61. The van der Waals surface area contributed by atoms with Crippen LogP contribution in [0.3, 0.4) is 0 Å². The Morgan fingerprint density at radius 2 is 0.839 bits per heavy atom. The van der Waals surface area contributed by atoms with Crippen LogP contribution >= 0.6 is 0 Å². The van der Waals surface area contributed by atoms with E-state index in [9.17, 15) is 8.42 Å². The van der Waals surface area contributed by atoms with Gasteiger partial charge in [0.25, 0.3) is 0 Å². The Morgan fingerprint density at radius 3 is 1.19 bits per heavy atom. The van der Waals surface area contributed by atoms with E-state index < -0.39 is 9.84 Å². The van der Waals surface area contributed by atoms with Crippen molar-refractivity contribution in [1.29, 1.82) is 0 Å². The van der Waals surface area contributed by atoms with Gasteiger partial charge in [0.15, 0.2) is 0 Å². The van der Waals surface area contributed by atoms with Crippen molar-refractivity contribution in [1.82, 2.24) is 0 Å². The normalized spacial score (nSPS) is 11.9. The van der Waals surface area contributed by atoms with Gasteiger partial charge in [-0.25, -0.2) is 8.42 Å². The zero-order chi connectivity index (χ0) is 21.5. The second kappa shape index (κ2) is 9.32. The summed E-state index contributed by atoms with van der Waals surface area (Å²) in [5.74, 6) is 0. The molecule has 0 aromatic heterocycles. The molecule has 0 saturated heterocycles. The van der Waals surface area contributed by atoms with Gasteiger partial charge in [0.05, 0.1) is 21.2 Å². The maximum atomic E-state index is 12.9. The molecule has 0 aliphatic heterocycles. The topological polar surface area (TPSA) is 58.9 Å². The van der Waals surface area contributed by atoms with Gasteiger partial charge in [-0.15, -0.1) is 0 Å². The van der Waals surface area contributed by atoms with E-state index in [-0.39, 0.29) is 9.79 Å². The minimum atomic E-state index is -3.61. The quantitative estimate of drug-likeness (QED) is 0.355. The molecule has 4 aromatic carbocycles. The fourth-order valence-electron chi connectivity index (χ4n) is 2.94. The highest BCUT2D eigenvalue weighted by atomic mass is 32.2. The molecule has 4 nitrogen and oxygen atoms in total. The largest absolute Gasteiger partial charge is 0.256 e. The Kier molecular flexibility index (Phi) is 6.15. The minimum absolute atomic E-state index is 0.228. The second-order valence-corrected chi connectivity index (χ2v) is 8.78.